The minimum Gasteiger partial charge on any atom is -0.493 e. The van der Waals surface area contributed by atoms with Crippen molar-refractivity contribution in [3.8, 4) is 5.75 Å². The largest absolute Gasteiger partial charge is 0.493 e. The average Bonchev–Trinajstić information content (AvgIpc) is 2.31. The molecule has 0 saturated heterocycles. The van der Waals surface area contributed by atoms with Gasteiger partial charge in [-0.2, -0.15) is 0 Å². The number of ether oxygens (including phenoxy) is 1. The highest BCUT2D eigenvalue weighted by molar-refractivity contribution is 5.75. The van der Waals surface area contributed by atoms with E-state index in [0.29, 0.717) is 25.5 Å². The van der Waals surface area contributed by atoms with Gasteiger partial charge in [0.15, 0.2) is 0 Å². The standard InChI is InChI=1S/C16H25NO2/c1-12(2)11-15(18)17-9-6-10-19-16-13(3)7-5-8-14(16)4/h5,7-8,12H,6,9-11H2,1-4H3,(H,17,18). The second kappa shape index (κ2) is 7.82. The summed E-state index contributed by atoms with van der Waals surface area (Å²) in [5.74, 6) is 1.50. The number of amides is 1. The van der Waals surface area contributed by atoms with Crippen molar-refractivity contribution >= 4 is 5.91 Å². The summed E-state index contributed by atoms with van der Waals surface area (Å²) >= 11 is 0. The van der Waals surface area contributed by atoms with Gasteiger partial charge in [0.1, 0.15) is 5.75 Å². The van der Waals surface area contributed by atoms with Crippen LogP contribution in [-0.4, -0.2) is 19.1 Å². The third kappa shape index (κ3) is 5.77. The molecule has 0 aliphatic rings. The number of carbonyl (C=O) groups is 1. The van der Waals surface area contributed by atoms with Gasteiger partial charge in [-0.1, -0.05) is 32.0 Å². The number of benzene rings is 1. The van der Waals surface area contributed by atoms with E-state index in [0.717, 1.165) is 23.3 Å². The van der Waals surface area contributed by atoms with E-state index in [9.17, 15) is 4.79 Å². The van der Waals surface area contributed by atoms with Crippen LogP contribution >= 0.6 is 0 Å². The maximum absolute atomic E-state index is 11.4. The Labute approximate surface area is 116 Å². The minimum atomic E-state index is 0.127. The summed E-state index contributed by atoms with van der Waals surface area (Å²) in [6.07, 6.45) is 1.43. The molecule has 0 spiro atoms. The normalized spacial score (nSPS) is 10.6. The fourth-order valence-corrected chi connectivity index (χ4v) is 1.94. The van der Waals surface area contributed by atoms with E-state index in [1.54, 1.807) is 0 Å². The van der Waals surface area contributed by atoms with Crippen LogP contribution in [0, 0.1) is 19.8 Å². The van der Waals surface area contributed by atoms with Crippen LogP contribution in [0.3, 0.4) is 0 Å². The second-order valence-corrected chi connectivity index (χ2v) is 5.37. The second-order valence-electron chi connectivity index (χ2n) is 5.37. The van der Waals surface area contributed by atoms with Gasteiger partial charge < -0.3 is 10.1 Å². The number of hydrogen-bond donors (Lipinski definition) is 1. The van der Waals surface area contributed by atoms with Crippen molar-refractivity contribution in [2.75, 3.05) is 13.2 Å². The van der Waals surface area contributed by atoms with Crippen LogP contribution in [0.15, 0.2) is 18.2 Å². The van der Waals surface area contributed by atoms with E-state index in [1.807, 2.05) is 45.9 Å². The van der Waals surface area contributed by atoms with Crippen molar-refractivity contribution in [1.29, 1.82) is 0 Å². The summed E-state index contributed by atoms with van der Waals surface area (Å²) < 4.78 is 5.78. The Morgan fingerprint density at radius 1 is 1.26 bits per heavy atom. The predicted octanol–water partition coefficient (Wildman–Crippen LogP) is 3.23. The molecule has 3 heteroatoms. The van der Waals surface area contributed by atoms with Gasteiger partial charge in [-0.15, -0.1) is 0 Å². The van der Waals surface area contributed by atoms with E-state index >= 15 is 0 Å². The number of hydrogen-bond acceptors (Lipinski definition) is 2. The highest BCUT2D eigenvalue weighted by atomic mass is 16.5. The van der Waals surface area contributed by atoms with Gasteiger partial charge in [-0.3, -0.25) is 4.79 Å². The van der Waals surface area contributed by atoms with Crippen LogP contribution < -0.4 is 10.1 Å². The molecule has 0 fully saturated rings. The van der Waals surface area contributed by atoms with Crippen molar-refractivity contribution in [1.82, 2.24) is 5.32 Å². The summed E-state index contributed by atoms with van der Waals surface area (Å²) in [4.78, 5) is 11.4. The molecule has 1 aromatic rings. The van der Waals surface area contributed by atoms with Crippen molar-refractivity contribution in [3.05, 3.63) is 29.3 Å². The smallest absolute Gasteiger partial charge is 0.220 e. The highest BCUT2D eigenvalue weighted by Crippen LogP contribution is 2.22. The van der Waals surface area contributed by atoms with Crippen molar-refractivity contribution in [3.63, 3.8) is 0 Å². The molecule has 1 amide bonds. The number of para-hydroxylation sites is 1. The first-order valence-electron chi connectivity index (χ1n) is 6.96. The molecule has 1 rings (SSSR count). The number of rotatable bonds is 7. The Morgan fingerprint density at radius 3 is 2.47 bits per heavy atom. The van der Waals surface area contributed by atoms with Crippen LogP contribution in [0.5, 0.6) is 5.75 Å². The lowest BCUT2D eigenvalue weighted by Crippen LogP contribution is -2.26. The van der Waals surface area contributed by atoms with E-state index in [4.69, 9.17) is 4.74 Å². The summed E-state index contributed by atoms with van der Waals surface area (Å²) in [5, 5.41) is 2.91. The van der Waals surface area contributed by atoms with Gasteiger partial charge >= 0.3 is 0 Å². The van der Waals surface area contributed by atoms with Crippen molar-refractivity contribution < 1.29 is 9.53 Å². The highest BCUT2D eigenvalue weighted by Gasteiger charge is 2.05. The molecule has 1 N–H and O–H groups in total. The molecule has 0 unspecified atom stereocenters. The van der Waals surface area contributed by atoms with Gasteiger partial charge in [0, 0.05) is 13.0 Å². The van der Waals surface area contributed by atoms with E-state index < -0.39 is 0 Å². The Bertz CT molecular complexity index is 393. The molecule has 0 heterocycles. The van der Waals surface area contributed by atoms with E-state index in [-0.39, 0.29) is 5.91 Å². The predicted molar refractivity (Wildman–Crippen MR) is 78.5 cm³/mol. The lowest BCUT2D eigenvalue weighted by molar-refractivity contribution is -0.121. The van der Waals surface area contributed by atoms with Gasteiger partial charge in [0.25, 0.3) is 0 Å². The lowest BCUT2D eigenvalue weighted by atomic mass is 10.1. The molecule has 0 atom stereocenters. The summed E-state index contributed by atoms with van der Waals surface area (Å²) in [6.45, 7) is 9.50. The molecule has 3 nitrogen and oxygen atoms in total. The fraction of sp³-hybridized carbons (Fsp3) is 0.562. The third-order valence-electron chi connectivity index (χ3n) is 2.89. The third-order valence-corrected chi connectivity index (χ3v) is 2.89. The van der Waals surface area contributed by atoms with Crippen LogP contribution in [0.2, 0.25) is 0 Å². The van der Waals surface area contributed by atoms with Crippen LogP contribution in [0.4, 0.5) is 0 Å². The van der Waals surface area contributed by atoms with Gasteiger partial charge in [-0.25, -0.2) is 0 Å². The maximum Gasteiger partial charge on any atom is 0.220 e. The Kier molecular flexibility index (Phi) is 6.40. The first kappa shape index (κ1) is 15.5. The van der Waals surface area contributed by atoms with E-state index in [2.05, 4.69) is 5.32 Å². The SMILES string of the molecule is Cc1cccc(C)c1OCCCNC(=O)CC(C)C. The molecule has 0 aliphatic heterocycles. The van der Waals surface area contributed by atoms with Crippen LogP contribution in [0.25, 0.3) is 0 Å². The van der Waals surface area contributed by atoms with Crippen LogP contribution in [-0.2, 0) is 4.79 Å². The lowest BCUT2D eigenvalue weighted by Gasteiger charge is -2.12. The van der Waals surface area contributed by atoms with Crippen molar-refractivity contribution in [2.24, 2.45) is 5.92 Å². The quantitative estimate of drug-likeness (QED) is 0.767. The molecule has 0 bridgehead atoms. The molecule has 1 aromatic carbocycles. The molecule has 0 aromatic heterocycles. The van der Waals surface area contributed by atoms with Gasteiger partial charge in [0.05, 0.1) is 6.61 Å². The number of nitrogens with one attached hydrogen (secondary N) is 1. The van der Waals surface area contributed by atoms with Crippen LogP contribution in [0.1, 0.15) is 37.8 Å². The molecule has 19 heavy (non-hydrogen) atoms. The Balaban J connectivity index is 2.23. The topological polar surface area (TPSA) is 38.3 Å². The zero-order valence-electron chi connectivity index (χ0n) is 12.5. The fourth-order valence-electron chi connectivity index (χ4n) is 1.94. The Morgan fingerprint density at radius 2 is 1.89 bits per heavy atom. The summed E-state index contributed by atoms with van der Waals surface area (Å²) in [6, 6.07) is 6.13. The summed E-state index contributed by atoms with van der Waals surface area (Å²) in [7, 11) is 0. The zero-order chi connectivity index (χ0) is 14.3. The number of carbonyl (C=O) groups excluding carboxylic acids is 1. The average molecular weight is 263 g/mol. The minimum absolute atomic E-state index is 0.127. The number of aryl methyl sites for hydroxylation is 2. The molecular weight excluding hydrogens is 238 g/mol. The van der Waals surface area contributed by atoms with Gasteiger partial charge in [0.2, 0.25) is 5.91 Å². The monoisotopic (exact) mass is 263 g/mol. The molecule has 0 aliphatic carbocycles. The molecular formula is C16H25NO2. The summed E-state index contributed by atoms with van der Waals surface area (Å²) in [5.41, 5.74) is 2.31. The molecule has 106 valence electrons. The molecule has 0 saturated carbocycles. The van der Waals surface area contributed by atoms with Gasteiger partial charge in [-0.05, 0) is 37.3 Å². The maximum atomic E-state index is 11.4. The zero-order valence-corrected chi connectivity index (χ0v) is 12.5. The Hall–Kier alpha value is -1.51. The van der Waals surface area contributed by atoms with E-state index in [1.165, 1.54) is 0 Å². The first-order chi connectivity index (χ1) is 9.00. The van der Waals surface area contributed by atoms with Crippen molar-refractivity contribution in [2.45, 2.75) is 40.5 Å². The molecule has 0 radical (unpaired) electrons. The first-order valence-corrected chi connectivity index (χ1v) is 6.96.